The van der Waals surface area contributed by atoms with Gasteiger partial charge in [-0.1, -0.05) is 187 Å². The van der Waals surface area contributed by atoms with E-state index in [0.29, 0.717) is 18.1 Å². The quantitative estimate of drug-likeness (QED) is 0.0502. The Bertz CT molecular complexity index is 498. The molecule has 0 radical (unpaired) electrons. The van der Waals surface area contributed by atoms with Crippen LogP contribution in [0.15, 0.2) is 12.2 Å². The number of hydrogen-bond donors (Lipinski definition) is 0. The molecule has 0 aromatic rings. The zero-order valence-corrected chi connectivity index (χ0v) is 26.6. The van der Waals surface area contributed by atoms with Crippen molar-refractivity contribution in [1.29, 1.82) is 0 Å². The Hall–Kier alpha value is -0.790. The predicted molar refractivity (Wildman–Crippen MR) is 170 cm³/mol. The van der Waals surface area contributed by atoms with Gasteiger partial charge in [0.25, 0.3) is 0 Å². The largest absolute Gasteiger partial charge is 0.462 e. The highest BCUT2D eigenvalue weighted by atomic mass is 16.5. The summed E-state index contributed by atoms with van der Waals surface area (Å²) >= 11 is 0. The predicted octanol–water partition coefficient (Wildman–Crippen LogP) is 12.7. The van der Waals surface area contributed by atoms with E-state index in [-0.39, 0.29) is 5.97 Å². The monoisotopic (exact) mass is 535 g/mol. The van der Waals surface area contributed by atoms with Crippen LogP contribution in [0.2, 0.25) is 0 Å². The van der Waals surface area contributed by atoms with Crippen molar-refractivity contribution in [2.45, 2.75) is 201 Å². The van der Waals surface area contributed by atoms with Gasteiger partial charge in [0.1, 0.15) is 0 Å². The molecule has 0 spiro atoms. The molecule has 0 aliphatic carbocycles. The van der Waals surface area contributed by atoms with Crippen molar-refractivity contribution in [3.05, 3.63) is 12.2 Å². The van der Waals surface area contributed by atoms with E-state index in [1.807, 2.05) is 0 Å². The van der Waals surface area contributed by atoms with Crippen molar-refractivity contribution in [3.8, 4) is 0 Å². The van der Waals surface area contributed by atoms with E-state index < -0.39 is 0 Å². The standard InChI is InChI=1S/C36H70O2/c1-5-7-9-11-13-15-17-19-20-22-24-26-28-30-32-35(33-38-36(37)34(3)4)31-29-27-25-23-21-18-16-14-12-10-8-6-2/h35H,3,5-33H2,1-2,4H3. The number of rotatable bonds is 31. The fraction of sp³-hybridized carbons (Fsp3) is 0.917. The van der Waals surface area contributed by atoms with E-state index in [9.17, 15) is 4.79 Å². The normalized spacial score (nSPS) is 12.1. The van der Waals surface area contributed by atoms with Gasteiger partial charge in [0, 0.05) is 5.57 Å². The van der Waals surface area contributed by atoms with Crippen LogP contribution in [0, 0.1) is 5.92 Å². The lowest BCUT2D eigenvalue weighted by Crippen LogP contribution is -2.15. The highest BCUT2D eigenvalue weighted by Gasteiger charge is 2.12. The highest BCUT2D eigenvalue weighted by molar-refractivity contribution is 5.86. The van der Waals surface area contributed by atoms with Crippen LogP contribution in [0.3, 0.4) is 0 Å². The number of unbranched alkanes of at least 4 members (excludes halogenated alkanes) is 24. The molecule has 2 nitrogen and oxygen atoms in total. The SMILES string of the molecule is C=C(C)C(=O)OCC(CCCCCCCCCCCCCC)CCCCCCCCCCCCCCCC. The maximum absolute atomic E-state index is 11.9. The molecule has 0 rings (SSSR count). The molecule has 0 aromatic carbocycles. The molecule has 0 heterocycles. The minimum atomic E-state index is -0.217. The number of ether oxygens (including phenoxy) is 1. The Balaban J connectivity index is 3.78. The second-order valence-electron chi connectivity index (χ2n) is 12.3. The first-order chi connectivity index (χ1) is 18.6. The lowest BCUT2D eigenvalue weighted by molar-refractivity contribution is -0.140. The molecule has 1 atom stereocenters. The summed E-state index contributed by atoms with van der Waals surface area (Å²) in [5, 5.41) is 0. The van der Waals surface area contributed by atoms with Crippen molar-refractivity contribution in [2.24, 2.45) is 5.92 Å². The Morgan fingerprint density at radius 1 is 0.500 bits per heavy atom. The Labute approximate surface area is 240 Å². The Morgan fingerprint density at radius 2 is 0.763 bits per heavy atom. The molecule has 38 heavy (non-hydrogen) atoms. The smallest absolute Gasteiger partial charge is 0.333 e. The maximum atomic E-state index is 11.9. The van der Waals surface area contributed by atoms with Crippen LogP contribution in [0.5, 0.6) is 0 Å². The summed E-state index contributed by atoms with van der Waals surface area (Å²) in [5.74, 6) is 0.310. The van der Waals surface area contributed by atoms with Crippen LogP contribution in [0.1, 0.15) is 201 Å². The lowest BCUT2D eigenvalue weighted by atomic mass is 9.94. The minimum absolute atomic E-state index is 0.217. The summed E-state index contributed by atoms with van der Waals surface area (Å²) in [6.07, 6.45) is 38.7. The molecule has 0 bridgehead atoms. The zero-order chi connectivity index (χ0) is 27.9. The van der Waals surface area contributed by atoms with E-state index in [4.69, 9.17) is 4.74 Å². The third-order valence-corrected chi connectivity index (χ3v) is 8.23. The van der Waals surface area contributed by atoms with Gasteiger partial charge in [-0.25, -0.2) is 4.79 Å². The van der Waals surface area contributed by atoms with Gasteiger partial charge in [0.05, 0.1) is 6.61 Å². The number of esters is 1. The second kappa shape index (κ2) is 30.7. The van der Waals surface area contributed by atoms with Crippen LogP contribution in [0.4, 0.5) is 0 Å². The number of carbonyl (C=O) groups is 1. The third kappa shape index (κ3) is 28.2. The average Bonchev–Trinajstić information content (AvgIpc) is 2.91. The summed E-state index contributed by atoms with van der Waals surface area (Å²) in [4.78, 5) is 11.9. The summed E-state index contributed by atoms with van der Waals surface area (Å²) < 4.78 is 5.55. The summed E-state index contributed by atoms with van der Waals surface area (Å²) in [6.45, 7) is 10.6. The zero-order valence-electron chi connectivity index (χ0n) is 26.6. The molecule has 0 N–H and O–H groups in total. The summed E-state index contributed by atoms with van der Waals surface area (Å²) in [7, 11) is 0. The molecule has 0 amide bonds. The van der Waals surface area contributed by atoms with Crippen molar-refractivity contribution >= 4 is 5.97 Å². The molecular weight excluding hydrogens is 464 g/mol. The van der Waals surface area contributed by atoms with E-state index in [1.165, 1.54) is 180 Å². The molecule has 0 saturated carbocycles. The Morgan fingerprint density at radius 3 is 1.03 bits per heavy atom. The van der Waals surface area contributed by atoms with Gasteiger partial charge in [-0.15, -0.1) is 0 Å². The van der Waals surface area contributed by atoms with Crippen LogP contribution in [-0.2, 0) is 9.53 Å². The molecule has 2 heteroatoms. The van der Waals surface area contributed by atoms with Crippen LogP contribution < -0.4 is 0 Å². The molecule has 0 saturated heterocycles. The molecule has 0 fully saturated rings. The Kier molecular flexibility index (Phi) is 30.1. The van der Waals surface area contributed by atoms with E-state index in [0.717, 1.165) is 0 Å². The molecule has 0 aliphatic rings. The van der Waals surface area contributed by atoms with Gasteiger partial charge < -0.3 is 4.74 Å². The first kappa shape index (κ1) is 37.2. The lowest BCUT2D eigenvalue weighted by Gasteiger charge is -2.17. The van der Waals surface area contributed by atoms with Crippen molar-refractivity contribution in [3.63, 3.8) is 0 Å². The van der Waals surface area contributed by atoms with Gasteiger partial charge >= 0.3 is 5.97 Å². The maximum Gasteiger partial charge on any atom is 0.333 e. The molecule has 226 valence electrons. The van der Waals surface area contributed by atoms with Crippen LogP contribution >= 0.6 is 0 Å². The summed E-state index contributed by atoms with van der Waals surface area (Å²) in [6, 6.07) is 0. The first-order valence-electron chi connectivity index (χ1n) is 17.4. The van der Waals surface area contributed by atoms with Gasteiger partial charge in [0.15, 0.2) is 0 Å². The van der Waals surface area contributed by atoms with Gasteiger partial charge in [-0.2, -0.15) is 0 Å². The molecular formula is C36H70O2. The van der Waals surface area contributed by atoms with Gasteiger partial charge in [0.2, 0.25) is 0 Å². The van der Waals surface area contributed by atoms with Crippen molar-refractivity contribution in [2.75, 3.05) is 6.61 Å². The number of hydrogen-bond acceptors (Lipinski definition) is 2. The van der Waals surface area contributed by atoms with E-state index in [1.54, 1.807) is 6.92 Å². The van der Waals surface area contributed by atoms with Crippen LogP contribution in [0.25, 0.3) is 0 Å². The first-order valence-corrected chi connectivity index (χ1v) is 17.4. The third-order valence-electron chi connectivity index (χ3n) is 8.23. The van der Waals surface area contributed by atoms with E-state index in [2.05, 4.69) is 20.4 Å². The fourth-order valence-electron chi connectivity index (χ4n) is 5.53. The van der Waals surface area contributed by atoms with Crippen molar-refractivity contribution in [1.82, 2.24) is 0 Å². The highest BCUT2D eigenvalue weighted by Crippen LogP contribution is 2.21. The average molecular weight is 535 g/mol. The summed E-state index contributed by atoms with van der Waals surface area (Å²) in [5.41, 5.74) is 0.519. The molecule has 1 unspecified atom stereocenters. The van der Waals surface area contributed by atoms with Gasteiger partial charge in [-0.05, 0) is 25.7 Å². The van der Waals surface area contributed by atoms with Crippen molar-refractivity contribution < 1.29 is 9.53 Å². The second-order valence-corrected chi connectivity index (χ2v) is 12.3. The minimum Gasteiger partial charge on any atom is -0.462 e. The number of carbonyl (C=O) groups excluding carboxylic acids is 1. The van der Waals surface area contributed by atoms with Crippen LogP contribution in [-0.4, -0.2) is 12.6 Å². The van der Waals surface area contributed by atoms with Gasteiger partial charge in [-0.3, -0.25) is 0 Å². The van der Waals surface area contributed by atoms with E-state index >= 15 is 0 Å². The molecule has 0 aromatic heterocycles. The molecule has 0 aliphatic heterocycles. The topological polar surface area (TPSA) is 26.3 Å². The fourth-order valence-corrected chi connectivity index (χ4v) is 5.53.